The molecule has 1 unspecified atom stereocenters. The van der Waals surface area contributed by atoms with E-state index >= 15 is 0 Å². The summed E-state index contributed by atoms with van der Waals surface area (Å²) >= 11 is 1.43. The van der Waals surface area contributed by atoms with Gasteiger partial charge in [0.2, 0.25) is 0 Å². The number of nitrogens with one attached hydrogen (secondary N) is 1. The van der Waals surface area contributed by atoms with Crippen LogP contribution in [0.1, 0.15) is 51.0 Å². The fourth-order valence-electron chi connectivity index (χ4n) is 3.70. The van der Waals surface area contributed by atoms with Crippen molar-refractivity contribution >= 4 is 27.5 Å². The van der Waals surface area contributed by atoms with Crippen LogP contribution in [0.2, 0.25) is 0 Å². The van der Waals surface area contributed by atoms with E-state index in [1.807, 2.05) is 27.7 Å². The molecule has 0 radical (unpaired) electrons. The van der Waals surface area contributed by atoms with Gasteiger partial charge in [0.1, 0.15) is 10.4 Å². The lowest BCUT2D eigenvalue weighted by atomic mass is 10.2. The molecule has 0 spiro atoms. The smallest absolute Gasteiger partial charge is 0.332 e. The average molecular weight is 438 g/mol. The Morgan fingerprint density at radius 3 is 2.63 bits per heavy atom. The molecule has 0 bridgehead atoms. The maximum atomic E-state index is 13.0. The number of aromatic nitrogens is 2. The molecule has 3 heterocycles. The van der Waals surface area contributed by atoms with E-state index in [4.69, 9.17) is 9.47 Å². The van der Waals surface area contributed by atoms with Crippen LogP contribution in [0.5, 0.6) is 0 Å². The second-order valence-corrected chi connectivity index (χ2v) is 9.68. The highest BCUT2D eigenvalue weighted by atomic mass is 32.1. The summed E-state index contributed by atoms with van der Waals surface area (Å²) in [6.45, 7) is 11.1. The van der Waals surface area contributed by atoms with Crippen molar-refractivity contribution in [2.75, 3.05) is 13.2 Å². The molecule has 1 saturated heterocycles. The van der Waals surface area contributed by atoms with Crippen LogP contribution in [-0.4, -0.2) is 40.0 Å². The van der Waals surface area contributed by atoms with E-state index < -0.39 is 5.60 Å². The van der Waals surface area contributed by atoms with Crippen LogP contribution >= 0.6 is 11.3 Å². The van der Waals surface area contributed by atoms with Gasteiger partial charge in [0.15, 0.2) is 0 Å². The number of hydrogen-bond donors (Lipinski definition) is 1. The van der Waals surface area contributed by atoms with Gasteiger partial charge in [-0.05, 0) is 53.0 Å². The molecule has 1 fully saturated rings. The molecule has 2 aromatic rings. The summed E-state index contributed by atoms with van der Waals surface area (Å²) in [5, 5.41) is 3.67. The van der Waals surface area contributed by atoms with Crippen LogP contribution < -0.4 is 16.6 Å². The molecule has 3 rings (SSSR count). The van der Waals surface area contributed by atoms with Gasteiger partial charge in [-0.25, -0.2) is 4.79 Å². The molecule has 2 aromatic heterocycles. The minimum Gasteiger partial charge on any atom is -0.459 e. The number of thiophene rings is 1. The lowest BCUT2D eigenvalue weighted by Gasteiger charge is -2.19. The zero-order valence-electron chi connectivity index (χ0n) is 18.4. The van der Waals surface area contributed by atoms with Crippen molar-refractivity contribution in [2.24, 2.45) is 0 Å². The van der Waals surface area contributed by atoms with E-state index in [-0.39, 0.29) is 29.9 Å². The van der Waals surface area contributed by atoms with E-state index in [2.05, 4.69) is 5.32 Å². The number of hydrogen-bond acceptors (Lipinski definition) is 7. The molecule has 1 N–H and O–H groups in total. The van der Waals surface area contributed by atoms with Gasteiger partial charge in [0.25, 0.3) is 5.56 Å². The summed E-state index contributed by atoms with van der Waals surface area (Å²) < 4.78 is 14.0. The molecule has 0 aromatic carbocycles. The van der Waals surface area contributed by atoms with Crippen molar-refractivity contribution in [1.29, 1.82) is 0 Å². The van der Waals surface area contributed by atoms with E-state index in [1.165, 1.54) is 15.9 Å². The number of esters is 1. The van der Waals surface area contributed by atoms with Gasteiger partial charge in [-0.2, -0.15) is 0 Å². The fourth-order valence-corrected chi connectivity index (χ4v) is 4.96. The first-order valence-corrected chi connectivity index (χ1v) is 11.2. The lowest BCUT2D eigenvalue weighted by molar-refractivity contribution is -0.153. The number of rotatable bonds is 7. The van der Waals surface area contributed by atoms with Gasteiger partial charge >= 0.3 is 11.7 Å². The monoisotopic (exact) mass is 437 g/mol. The molecule has 0 amide bonds. The van der Waals surface area contributed by atoms with Gasteiger partial charge in [-0.15, -0.1) is 11.3 Å². The minimum absolute atomic E-state index is 0.00939. The first-order chi connectivity index (χ1) is 14.1. The van der Waals surface area contributed by atoms with Crippen molar-refractivity contribution in [2.45, 2.75) is 78.8 Å². The lowest BCUT2D eigenvalue weighted by Crippen LogP contribution is -2.40. The van der Waals surface area contributed by atoms with Crippen LogP contribution in [0.25, 0.3) is 10.2 Å². The molecule has 0 saturated carbocycles. The number of fused-ring (bicyclic) bond motifs is 1. The summed E-state index contributed by atoms with van der Waals surface area (Å²) in [6, 6.07) is 0. The Morgan fingerprint density at radius 1 is 1.30 bits per heavy atom. The summed E-state index contributed by atoms with van der Waals surface area (Å²) in [5.74, 6) is -0.329. The van der Waals surface area contributed by atoms with Gasteiger partial charge in [-0.1, -0.05) is 0 Å². The Kier molecular flexibility index (Phi) is 6.84. The third-order valence-electron chi connectivity index (χ3n) is 5.09. The molecule has 1 aliphatic rings. The van der Waals surface area contributed by atoms with E-state index in [1.54, 1.807) is 11.5 Å². The predicted molar refractivity (Wildman–Crippen MR) is 117 cm³/mol. The highest BCUT2D eigenvalue weighted by Crippen LogP contribution is 2.28. The number of nitrogens with zero attached hydrogens (tertiary/aromatic N) is 2. The first kappa shape index (κ1) is 22.7. The van der Waals surface area contributed by atoms with E-state index in [0.717, 1.165) is 23.3 Å². The van der Waals surface area contributed by atoms with Gasteiger partial charge in [0, 0.05) is 24.6 Å². The molecular formula is C21H31N3O5S. The molecule has 166 valence electrons. The van der Waals surface area contributed by atoms with Crippen molar-refractivity contribution in [3.8, 4) is 0 Å². The van der Waals surface area contributed by atoms with Crippen LogP contribution in [0.3, 0.4) is 0 Å². The SMILES string of the molecule is CCn1c(=O)c2c(C)c(CNCC(=O)OC(C)(C)C)sc2n(CC2CCCO2)c1=O. The van der Waals surface area contributed by atoms with Crippen LogP contribution in [0, 0.1) is 6.92 Å². The van der Waals surface area contributed by atoms with Crippen molar-refractivity contribution in [3.05, 3.63) is 31.3 Å². The molecule has 8 nitrogen and oxygen atoms in total. The van der Waals surface area contributed by atoms with Gasteiger partial charge in [-0.3, -0.25) is 18.7 Å². The average Bonchev–Trinajstić information content (AvgIpc) is 3.26. The maximum Gasteiger partial charge on any atom is 0.332 e. The number of carbonyl (C=O) groups is 1. The van der Waals surface area contributed by atoms with Crippen molar-refractivity contribution in [1.82, 2.24) is 14.5 Å². The number of aryl methyl sites for hydroxylation is 1. The fraction of sp³-hybridized carbons (Fsp3) is 0.667. The maximum absolute atomic E-state index is 13.0. The summed E-state index contributed by atoms with van der Waals surface area (Å²) in [5.41, 5.74) is -0.233. The second-order valence-electron chi connectivity index (χ2n) is 8.60. The predicted octanol–water partition coefficient (Wildman–Crippen LogP) is 2.16. The summed E-state index contributed by atoms with van der Waals surface area (Å²) in [4.78, 5) is 39.5. The molecule has 30 heavy (non-hydrogen) atoms. The molecule has 1 aliphatic heterocycles. The standard InChI is InChI=1S/C21H31N3O5S/c1-6-23-18(26)17-13(2)15(10-22-11-16(25)29-21(3,4)5)30-19(17)24(20(23)27)12-14-8-7-9-28-14/h14,22H,6-12H2,1-5H3. The van der Waals surface area contributed by atoms with Gasteiger partial charge < -0.3 is 14.8 Å². The minimum atomic E-state index is -0.532. The third-order valence-corrected chi connectivity index (χ3v) is 6.41. The van der Waals surface area contributed by atoms with E-state index in [9.17, 15) is 14.4 Å². The second kappa shape index (κ2) is 9.03. The largest absolute Gasteiger partial charge is 0.459 e. The Morgan fingerprint density at radius 2 is 2.03 bits per heavy atom. The highest BCUT2D eigenvalue weighted by molar-refractivity contribution is 7.18. The molecule has 1 atom stereocenters. The zero-order valence-corrected chi connectivity index (χ0v) is 19.2. The molecule has 0 aliphatic carbocycles. The molecular weight excluding hydrogens is 406 g/mol. The Balaban J connectivity index is 1.91. The normalized spacial score (nSPS) is 17.0. The van der Waals surface area contributed by atoms with E-state index in [0.29, 0.717) is 36.5 Å². The molecule has 9 heteroatoms. The number of carbonyl (C=O) groups excluding carboxylic acids is 1. The first-order valence-electron chi connectivity index (χ1n) is 10.4. The Hall–Kier alpha value is -1.97. The van der Waals surface area contributed by atoms with Crippen LogP contribution in [0.15, 0.2) is 9.59 Å². The Labute approximate surface area is 179 Å². The zero-order chi connectivity index (χ0) is 22.1. The van der Waals surface area contributed by atoms with Crippen LogP contribution in [0.4, 0.5) is 0 Å². The Bertz CT molecular complexity index is 1040. The highest BCUT2D eigenvalue weighted by Gasteiger charge is 2.23. The van der Waals surface area contributed by atoms with Crippen molar-refractivity contribution < 1.29 is 14.3 Å². The third kappa shape index (κ3) is 4.84. The summed E-state index contributed by atoms with van der Waals surface area (Å²) in [6.07, 6.45) is 1.89. The summed E-state index contributed by atoms with van der Waals surface area (Å²) in [7, 11) is 0. The topological polar surface area (TPSA) is 91.6 Å². The van der Waals surface area contributed by atoms with Crippen molar-refractivity contribution in [3.63, 3.8) is 0 Å². The number of ether oxygens (including phenoxy) is 2. The van der Waals surface area contributed by atoms with Gasteiger partial charge in [0.05, 0.1) is 24.6 Å². The quantitative estimate of drug-likeness (QED) is 0.668. The van der Waals surface area contributed by atoms with Crippen LogP contribution in [-0.2, 0) is 33.9 Å².